The molecule has 0 amide bonds. The number of hydrogen-bond donors (Lipinski definition) is 1. The molecule has 0 aromatic heterocycles. The van der Waals surface area contributed by atoms with Gasteiger partial charge in [-0.1, -0.05) is 12.1 Å². The zero-order chi connectivity index (χ0) is 13.6. The molecular formula is C15H23N3O. The summed E-state index contributed by atoms with van der Waals surface area (Å²) in [6, 6.07) is 6.84. The van der Waals surface area contributed by atoms with Crippen LogP contribution in [0.1, 0.15) is 18.0 Å². The smallest absolute Gasteiger partial charge is 0.142 e. The molecule has 1 aromatic rings. The fourth-order valence-electron chi connectivity index (χ4n) is 3.72. The van der Waals surface area contributed by atoms with E-state index in [0.717, 1.165) is 18.8 Å². The van der Waals surface area contributed by atoms with Crippen molar-refractivity contribution in [1.82, 2.24) is 4.90 Å². The minimum atomic E-state index is 0.106. The highest BCUT2D eigenvalue weighted by Gasteiger charge is 2.41. The van der Waals surface area contributed by atoms with Crippen LogP contribution in [0.25, 0.3) is 0 Å². The summed E-state index contributed by atoms with van der Waals surface area (Å²) in [6.45, 7) is 2.22. The van der Waals surface area contributed by atoms with Crippen LogP contribution in [0, 0.1) is 5.92 Å². The first kappa shape index (κ1) is 12.8. The Hall–Kier alpha value is -1.26. The number of likely N-dealkylation sites (tertiary alicyclic amines) is 1. The highest BCUT2D eigenvalue weighted by molar-refractivity contribution is 5.67. The van der Waals surface area contributed by atoms with E-state index in [1.165, 1.54) is 17.7 Å². The van der Waals surface area contributed by atoms with Crippen molar-refractivity contribution in [3.8, 4) is 5.75 Å². The highest BCUT2D eigenvalue weighted by Crippen LogP contribution is 2.45. The van der Waals surface area contributed by atoms with E-state index < -0.39 is 0 Å². The second kappa shape index (κ2) is 4.69. The molecule has 0 saturated carbocycles. The van der Waals surface area contributed by atoms with Crippen molar-refractivity contribution in [2.45, 2.75) is 18.5 Å². The molecule has 19 heavy (non-hydrogen) atoms. The molecule has 3 unspecified atom stereocenters. The van der Waals surface area contributed by atoms with E-state index in [9.17, 15) is 0 Å². The lowest BCUT2D eigenvalue weighted by molar-refractivity contribution is 0.154. The lowest BCUT2D eigenvalue weighted by atomic mass is 9.78. The van der Waals surface area contributed by atoms with E-state index in [1.807, 2.05) is 12.1 Å². The van der Waals surface area contributed by atoms with Crippen molar-refractivity contribution in [3.05, 3.63) is 23.8 Å². The van der Waals surface area contributed by atoms with E-state index in [2.05, 4.69) is 30.0 Å². The van der Waals surface area contributed by atoms with Crippen molar-refractivity contribution in [3.63, 3.8) is 0 Å². The first-order chi connectivity index (χ1) is 9.13. The molecule has 0 bridgehead atoms. The van der Waals surface area contributed by atoms with Gasteiger partial charge < -0.3 is 20.3 Å². The predicted molar refractivity (Wildman–Crippen MR) is 77.7 cm³/mol. The summed E-state index contributed by atoms with van der Waals surface area (Å²) in [5.41, 5.74) is 8.94. The molecule has 1 saturated heterocycles. The quantitative estimate of drug-likeness (QED) is 0.831. The van der Waals surface area contributed by atoms with Gasteiger partial charge in [-0.25, -0.2) is 0 Å². The molecule has 3 atom stereocenters. The second-order valence-electron chi connectivity index (χ2n) is 5.82. The highest BCUT2D eigenvalue weighted by atomic mass is 16.5. The molecule has 2 aliphatic rings. The van der Waals surface area contributed by atoms with E-state index in [4.69, 9.17) is 10.5 Å². The van der Waals surface area contributed by atoms with Gasteiger partial charge in [0.15, 0.2) is 0 Å². The van der Waals surface area contributed by atoms with Crippen molar-refractivity contribution in [2.75, 3.05) is 39.2 Å². The molecule has 2 heterocycles. The molecule has 1 aromatic carbocycles. The van der Waals surface area contributed by atoms with Gasteiger partial charge in [0, 0.05) is 31.6 Å². The molecule has 0 radical (unpaired) electrons. The lowest BCUT2D eigenvalue weighted by Gasteiger charge is -2.49. The Morgan fingerprint density at radius 3 is 2.84 bits per heavy atom. The molecule has 1 fully saturated rings. The Morgan fingerprint density at radius 2 is 2.11 bits per heavy atom. The molecule has 2 N–H and O–H groups in total. The van der Waals surface area contributed by atoms with Gasteiger partial charge in [0.05, 0.1) is 12.8 Å². The standard InChI is InChI=1S/C15H23N3O/c1-17-8-7-12-11(9-17)14(16)10-5-4-6-13(19-3)15(10)18(12)2/h4-6,11-12,14H,7-9,16H2,1-3H3. The van der Waals surface area contributed by atoms with Crippen molar-refractivity contribution < 1.29 is 4.74 Å². The number of methoxy groups -OCH3 is 1. The van der Waals surface area contributed by atoms with Crippen LogP contribution in [-0.4, -0.2) is 45.2 Å². The fraction of sp³-hybridized carbons (Fsp3) is 0.600. The fourth-order valence-corrected chi connectivity index (χ4v) is 3.72. The van der Waals surface area contributed by atoms with Crippen LogP contribution < -0.4 is 15.4 Å². The third-order valence-electron chi connectivity index (χ3n) is 4.74. The van der Waals surface area contributed by atoms with Crippen LogP contribution in [0.15, 0.2) is 18.2 Å². The number of rotatable bonds is 1. The van der Waals surface area contributed by atoms with Gasteiger partial charge in [-0.3, -0.25) is 0 Å². The van der Waals surface area contributed by atoms with Gasteiger partial charge >= 0.3 is 0 Å². The van der Waals surface area contributed by atoms with Crippen molar-refractivity contribution >= 4 is 5.69 Å². The number of nitrogens with two attached hydrogens (primary N) is 1. The number of fused-ring (bicyclic) bond motifs is 2. The first-order valence-electron chi connectivity index (χ1n) is 6.97. The lowest BCUT2D eigenvalue weighted by Crippen LogP contribution is -2.55. The minimum Gasteiger partial charge on any atom is -0.495 e. The molecule has 2 aliphatic heterocycles. The normalized spacial score (nSPS) is 30.7. The van der Waals surface area contributed by atoms with E-state index in [-0.39, 0.29) is 6.04 Å². The summed E-state index contributed by atoms with van der Waals surface area (Å²) in [7, 11) is 6.09. The summed E-state index contributed by atoms with van der Waals surface area (Å²) in [5.74, 6) is 1.44. The number of piperidine rings is 1. The van der Waals surface area contributed by atoms with E-state index in [1.54, 1.807) is 7.11 Å². The third kappa shape index (κ3) is 1.90. The molecule has 4 nitrogen and oxygen atoms in total. The molecule has 0 spiro atoms. The van der Waals surface area contributed by atoms with Crippen LogP contribution in [0.3, 0.4) is 0 Å². The second-order valence-corrected chi connectivity index (χ2v) is 5.82. The molecule has 3 rings (SSSR count). The number of benzene rings is 1. The van der Waals surface area contributed by atoms with Gasteiger partial charge in [0.25, 0.3) is 0 Å². The maximum absolute atomic E-state index is 6.54. The zero-order valence-electron chi connectivity index (χ0n) is 12.0. The Morgan fingerprint density at radius 1 is 1.32 bits per heavy atom. The van der Waals surface area contributed by atoms with E-state index in [0.29, 0.717) is 12.0 Å². The number of ether oxygens (including phenoxy) is 1. The van der Waals surface area contributed by atoms with Gasteiger partial charge in [-0.05, 0) is 31.6 Å². The summed E-state index contributed by atoms with van der Waals surface area (Å²) < 4.78 is 5.52. The average Bonchev–Trinajstić information content (AvgIpc) is 2.43. The maximum atomic E-state index is 6.54. The third-order valence-corrected chi connectivity index (χ3v) is 4.74. The predicted octanol–water partition coefficient (Wildman–Crippen LogP) is 1.47. The summed E-state index contributed by atoms with van der Waals surface area (Å²) in [5, 5.41) is 0. The zero-order valence-corrected chi connectivity index (χ0v) is 12.0. The van der Waals surface area contributed by atoms with Crippen LogP contribution in [-0.2, 0) is 0 Å². The Kier molecular flexibility index (Phi) is 3.15. The summed E-state index contributed by atoms with van der Waals surface area (Å²) in [6.07, 6.45) is 1.17. The van der Waals surface area contributed by atoms with Crippen LogP contribution in [0.2, 0.25) is 0 Å². The van der Waals surface area contributed by atoms with Crippen molar-refractivity contribution in [1.29, 1.82) is 0 Å². The van der Waals surface area contributed by atoms with Gasteiger partial charge in [-0.2, -0.15) is 0 Å². The van der Waals surface area contributed by atoms with Gasteiger partial charge in [-0.15, -0.1) is 0 Å². The summed E-state index contributed by atoms with van der Waals surface area (Å²) >= 11 is 0. The first-order valence-corrected chi connectivity index (χ1v) is 6.97. The largest absolute Gasteiger partial charge is 0.495 e. The Bertz CT molecular complexity index is 476. The number of para-hydroxylation sites is 1. The molecule has 4 heteroatoms. The van der Waals surface area contributed by atoms with E-state index >= 15 is 0 Å². The Labute approximate surface area is 115 Å². The average molecular weight is 261 g/mol. The number of anilines is 1. The minimum absolute atomic E-state index is 0.106. The van der Waals surface area contributed by atoms with Crippen LogP contribution in [0.5, 0.6) is 5.75 Å². The SMILES string of the molecule is COc1cccc2c1N(C)C1CCN(C)CC1C2N. The molecule has 104 valence electrons. The molecular weight excluding hydrogens is 238 g/mol. The van der Waals surface area contributed by atoms with Crippen LogP contribution in [0.4, 0.5) is 5.69 Å². The van der Waals surface area contributed by atoms with Gasteiger partial charge in [0.2, 0.25) is 0 Å². The molecule has 0 aliphatic carbocycles. The Balaban J connectivity index is 2.06. The topological polar surface area (TPSA) is 41.7 Å². The number of nitrogens with zero attached hydrogens (tertiary/aromatic N) is 2. The van der Waals surface area contributed by atoms with Crippen molar-refractivity contribution in [2.24, 2.45) is 11.7 Å². The maximum Gasteiger partial charge on any atom is 0.142 e. The van der Waals surface area contributed by atoms with Gasteiger partial charge in [0.1, 0.15) is 5.75 Å². The number of hydrogen-bond acceptors (Lipinski definition) is 4. The van der Waals surface area contributed by atoms with Crippen LogP contribution >= 0.6 is 0 Å². The monoisotopic (exact) mass is 261 g/mol. The summed E-state index contributed by atoms with van der Waals surface area (Å²) in [4.78, 5) is 4.77.